The van der Waals surface area contributed by atoms with Crippen molar-refractivity contribution in [2.24, 2.45) is 0 Å². The molecule has 2 atom stereocenters. The summed E-state index contributed by atoms with van der Waals surface area (Å²) in [4.78, 5) is 4.36. The van der Waals surface area contributed by atoms with E-state index in [4.69, 9.17) is 11.6 Å². The maximum Gasteiger partial charge on any atom is 0.107 e. The summed E-state index contributed by atoms with van der Waals surface area (Å²) in [5, 5.41) is 14.0. The van der Waals surface area contributed by atoms with E-state index < -0.39 is 0 Å². The lowest BCUT2D eigenvalue weighted by Crippen LogP contribution is -2.44. The normalized spacial score (nSPS) is 21.2. The highest BCUT2D eigenvalue weighted by Crippen LogP contribution is 2.22. The van der Waals surface area contributed by atoms with Gasteiger partial charge in [0.2, 0.25) is 0 Å². The molecule has 2 aromatic rings. The number of piperidine rings is 1. The van der Waals surface area contributed by atoms with Gasteiger partial charge in [0.15, 0.2) is 0 Å². The quantitative estimate of drug-likeness (QED) is 0.871. The molecule has 0 spiro atoms. The van der Waals surface area contributed by atoms with Gasteiger partial charge in [0.05, 0.1) is 23.0 Å². The van der Waals surface area contributed by atoms with E-state index in [2.05, 4.69) is 14.9 Å². The van der Waals surface area contributed by atoms with Crippen LogP contribution in [0.4, 0.5) is 0 Å². The molecule has 1 fully saturated rings. The maximum atomic E-state index is 9.94. The zero-order valence-corrected chi connectivity index (χ0v) is 14.6. The van der Waals surface area contributed by atoms with Gasteiger partial charge in [-0.15, -0.1) is 24.8 Å². The molecule has 1 saturated heterocycles. The summed E-state index contributed by atoms with van der Waals surface area (Å²) >= 11 is 6.13. The second-order valence-electron chi connectivity index (χ2n) is 5.46. The lowest BCUT2D eigenvalue weighted by Gasteiger charge is -2.29. The predicted molar refractivity (Wildman–Crippen MR) is 95.5 cm³/mol. The number of aromatic nitrogens is 2. The van der Waals surface area contributed by atoms with Crippen molar-refractivity contribution >= 4 is 47.4 Å². The van der Waals surface area contributed by atoms with Crippen molar-refractivity contribution in [3.8, 4) is 0 Å². The van der Waals surface area contributed by atoms with Gasteiger partial charge in [-0.1, -0.05) is 17.7 Å². The number of nitrogens with one attached hydrogen (secondary N) is 1. The first-order valence-electron chi connectivity index (χ1n) is 7.26. The fraction of sp³-hybridized carbons (Fsp3) is 0.533. The Labute approximate surface area is 148 Å². The van der Waals surface area contributed by atoms with Crippen LogP contribution >= 0.6 is 36.4 Å². The standard InChI is InChI=1S/C15H20ClN3O.2ClH/c16-11-4-1-6-13-15(11)18-10-19(13)9-3-5-12-14(20)7-2-8-17-12;;/h1,4,6,10,12,14,17,20H,2-3,5,7-9H2;2*1H/t12-,14+;;/m1../s1. The van der Waals surface area contributed by atoms with Gasteiger partial charge in [0, 0.05) is 12.6 Å². The number of aliphatic hydroxyl groups is 1. The van der Waals surface area contributed by atoms with Crippen LogP contribution in [0, 0.1) is 0 Å². The molecule has 0 aliphatic carbocycles. The Morgan fingerprint density at radius 3 is 2.95 bits per heavy atom. The fourth-order valence-electron chi connectivity index (χ4n) is 2.94. The van der Waals surface area contributed by atoms with Crippen LogP contribution in [0.1, 0.15) is 25.7 Å². The number of fused-ring (bicyclic) bond motifs is 1. The Hall–Kier alpha value is -0.520. The number of rotatable bonds is 4. The molecule has 1 aromatic carbocycles. The topological polar surface area (TPSA) is 50.1 Å². The maximum absolute atomic E-state index is 9.94. The summed E-state index contributed by atoms with van der Waals surface area (Å²) in [6, 6.07) is 6.10. The lowest BCUT2D eigenvalue weighted by molar-refractivity contribution is 0.0909. The van der Waals surface area contributed by atoms with Crippen molar-refractivity contribution in [1.29, 1.82) is 0 Å². The van der Waals surface area contributed by atoms with Crippen LogP contribution in [0.25, 0.3) is 11.0 Å². The molecular weight excluding hydrogens is 345 g/mol. The summed E-state index contributed by atoms with van der Waals surface area (Å²) in [6.07, 6.45) is 5.65. The van der Waals surface area contributed by atoms with Crippen molar-refractivity contribution in [3.05, 3.63) is 29.5 Å². The molecule has 0 saturated carbocycles. The molecular formula is C15H22Cl3N3O. The molecule has 0 amide bonds. The molecule has 124 valence electrons. The van der Waals surface area contributed by atoms with Crippen LogP contribution < -0.4 is 5.32 Å². The summed E-state index contributed by atoms with van der Waals surface area (Å²) in [5.41, 5.74) is 1.94. The number of benzene rings is 1. The second-order valence-corrected chi connectivity index (χ2v) is 5.87. The number of para-hydroxylation sites is 1. The molecule has 22 heavy (non-hydrogen) atoms. The van der Waals surface area contributed by atoms with E-state index in [-0.39, 0.29) is 37.0 Å². The zero-order valence-electron chi connectivity index (χ0n) is 12.2. The van der Waals surface area contributed by atoms with Crippen molar-refractivity contribution < 1.29 is 5.11 Å². The molecule has 0 unspecified atom stereocenters. The molecule has 1 aliphatic heterocycles. The molecule has 0 bridgehead atoms. The van der Waals surface area contributed by atoms with Crippen LogP contribution in [0.2, 0.25) is 5.02 Å². The lowest BCUT2D eigenvalue weighted by atomic mass is 9.97. The van der Waals surface area contributed by atoms with E-state index in [9.17, 15) is 5.11 Å². The molecule has 2 heterocycles. The number of hydrogen-bond donors (Lipinski definition) is 2. The Kier molecular flexibility index (Phi) is 7.94. The first kappa shape index (κ1) is 19.5. The van der Waals surface area contributed by atoms with Gasteiger partial charge >= 0.3 is 0 Å². The zero-order chi connectivity index (χ0) is 13.9. The molecule has 4 nitrogen and oxygen atoms in total. The van der Waals surface area contributed by atoms with E-state index in [1.165, 1.54) is 0 Å². The van der Waals surface area contributed by atoms with Crippen molar-refractivity contribution in [2.75, 3.05) is 6.54 Å². The Morgan fingerprint density at radius 2 is 2.18 bits per heavy atom. The summed E-state index contributed by atoms with van der Waals surface area (Å²) in [5.74, 6) is 0. The minimum atomic E-state index is -0.197. The van der Waals surface area contributed by atoms with Gasteiger partial charge < -0.3 is 15.0 Å². The number of imidazole rings is 1. The van der Waals surface area contributed by atoms with Crippen molar-refractivity contribution in [3.63, 3.8) is 0 Å². The minimum Gasteiger partial charge on any atom is -0.392 e. The van der Waals surface area contributed by atoms with Crippen LogP contribution in [0.5, 0.6) is 0 Å². The number of halogens is 3. The van der Waals surface area contributed by atoms with Gasteiger partial charge in [0.25, 0.3) is 0 Å². The van der Waals surface area contributed by atoms with Crippen LogP contribution in [-0.2, 0) is 6.54 Å². The molecule has 0 radical (unpaired) electrons. The summed E-state index contributed by atoms with van der Waals surface area (Å²) < 4.78 is 2.14. The number of nitrogens with zero attached hydrogens (tertiary/aromatic N) is 2. The third-order valence-electron chi connectivity index (χ3n) is 4.06. The molecule has 1 aromatic heterocycles. The third kappa shape index (κ3) is 4.27. The Bertz CT molecular complexity index is 590. The SMILES string of the molecule is Cl.Cl.O[C@H]1CCCN[C@@H]1CCCn1cnc2c(Cl)cccc21. The Morgan fingerprint density at radius 1 is 1.36 bits per heavy atom. The van der Waals surface area contributed by atoms with Gasteiger partial charge in [0.1, 0.15) is 5.52 Å². The number of hydrogen-bond acceptors (Lipinski definition) is 3. The van der Waals surface area contributed by atoms with E-state index >= 15 is 0 Å². The van der Waals surface area contributed by atoms with E-state index in [0.29, 0.717) is 5.02 Å². The summed E-state index contributed by atoms with van der Waals surface area (Å²) in [7, 11) is 0. The highest BCUT2D eigenvalue weighted by molar-refractivity contribution is 6.34. The average Bonchev–Trinajstić information content (AvgIpc) is 2.86. The molecule has 2 N–H and O–H groups in total. The average molecular weight is 367 g/mol. The second kappa shape index (κ2) is 8.94. The largest absolute Gasteiger partial charge is 0.392 e. The van der Waals surface area contributed by atoms with Gasteiger partial charge in [-0.05, 0) is 44.4 Å². The van der Waals surface area contributed by atoms with Crippen molar-refractivity contribution in [1.82, 2.24) is 14.9 Å². The first-order chi connectivity index (χ1) is 9.75. The van der Waals surface area contributed by atoms with Crippen molar-refractivity contribution in [2.45, 2.75) is 44.4 Å². The first-order valence-corrected chi connectivity index (χ1v) is 7.64. The predicted octanol–water partition coefficient (Wildman–Crippen LogP) is 3.43. The smallest absolute Gasteiger partial charge is 0.107 e. The van der Waals surface area contributed by atoms with Crippen LogP contribution in [0.15, 0.2) is 24.5 Å². The minimum absolute atomic E-state index is 0. The molecule has 3 rings (SSSR count). The van der Waals surface area contributed by atoms with Crippen LogP contribution in [-0.4, -0.2) is 33.3 Å². The Balaban J connectivity index is 0.00000121. The highest BCUT2D eigenvalue weighted by Gasteiger charge is 2.21. The highest BCUT2D eigenvalue weighted by atomic mass is 35.5. The van der Waals surface area contributed by atoms with Crippen LogP contribution in [0.3, 0.4) is 0 Å². The fourth-order valence-corrected chi connectivity index (χ4v) is 3.16. The van der Waals surface area contributed by atoms with E-state index in [1.807, 2.05) is 24.5 Å². The molecule has 7 heteroatoms. The number of aryl methyl sites for hydroxylation is 1. The van der Waals surface area contributed by atoms with E-state index in [0.717, 1.165) is 49.8 Å². The number of aliphatic hydroxyl groups excluding tert-OH is 1. The molecule has 1 aliphatic rings. The van der Waals surface area contributed by atoms with Gasteiger partial charge in [-0.25, -0.2) is 4.98 Å². The third-order valence-corrected chi connectivity index (χ3v) is 4.37. The summed E-state index contributed by atoms with van der Waals surface area (Å²) in [6.45, 7) is 1.92. The monoisotopic (exact) mass is 365 g/mol. The van der Waals surface area contributed by atoms with E-state index in [1.54, 1.807) is 0 Å². The van der Waals surface area contributed by atoms with Gasteiger partial charge in [-0.3, -0.25) is 0 Å². The van der Waals surface area contributed by atoms with Gasteiger partial charge in [-0.2, -0.15) is 0 Å².